The summed E-state index contributed by atoms with van der Waals surface area (Å²) in [5.41, 5.74) is 3.81. The van der Waals surface area contributed by atoms with Gasteiger partial charge >= 0.3 is 0 Å². The number of hydrogen-bond donors (Lipinski definition) is 1. The zero-order valence-corrected chi connectivity index (χ0v) is 15.7. The Balaban J connectivity index is 1.61. The highest BCUT2D eigenvalue weighted by Crippen LogP contribution is 2.34. The Hall–Kier alpha value is -1.61. The van der Waals surface area contributed by atoms with Crippen LogP contribution in [0.2, 0.25) is 5.02 Å². The molecule has 1 aromatic heterocycles. The molecule has 1 amide bonds. The quantitative estimate of drug-likeness (QED) is 0.828. The van der Waals surface area contributed by atoms with Crippen LogP contribution < -0.4 is 5.32 Å². The van der Waals surface area contributed by atoms with E-state index in [-0.39, 0.29) is 11.9 Å². The van der Waals surface area contributed by atoms with Crippen molar-refractivity contribution in [1.29, 1.82) is 0 Å². The van der Waals surface area contributed by atoms with Crippen molar-refractivity contribution in [2.75, 3.05) is 0 Å². The predicted octanol–water partition coefficient (Wildman–Crippen LogP) is 4.93. The molecule has 1 aromatic carbocycles. The Labute approximate surface area is 154 Å². The van der Waals surface area contributed by atoms with Crippen molar-refractivity contribution in [3.8, 4) is 0 Å². The Morgan fingerprint density at radius 3 is 2.88 bits per heavy atom. The molecule has 0 radical (unpaired) electrons. The van der Waals surface area contributed by atoms with Crippen molar-refractivity contribution in [3.63, 3.8) is 0 Å². The number of amides is 1. The number of rotatable bonds is 2. The van der Waals surface area contributed by atoms with E-state index < -0.39 is 0 Å². The van der Waals surface area contributed by atoms with Gasteiger partial charge in [-0.1, -0.05) is 44.4 Å². The SMILES string of the molecule is C[C@H]1[C@H](C)CCC[C@H]1NC(=O)c1ccc2c(Cl)c3c(nc2c1)CCC3. The number of fused-ring (bicyclic) bond motifs is 2. The van der Waals surface area contributed by atoms with Gasteiger partial charge in [0, 0.05) is 22.7 Å². The third-order valence-electron chi connectivity index (χ3n) is 6.23. The lowest BCUT2D eigenvalue weighted by Gasteiger charge is -2.34. The van der Waals surface area contributed by atoms with Crippen molar-refractivity contribution in [2.24, 2.45) is 11.8 Å². The van der Waals surface area contributed by atoms with Crippen molar-refractivity contribution in [3.05, 3.63) is 40.0 Å². The maximum atomic E-state index is 12.8. The van der Waals surface area contributed by atoms with E-state index in [2.05, 4.69) is 19.2 Å². The first-order valence-corrected chi connectivity index (χ1v) is 9.84. The lowest BCUT2D eigenvalue weighted by Crippen LogP contribution is -2.43. The van der Waals surface area contributed by atoms with Crippen LogP contribution in [-0.2, 0) is 12.8 Å². The van der Waals surface area contributed by atoms with Gasteiger partial charge in [0.2, 0.25) is 0 Å². The molecule has 132 valence electrons. The summed E-state index contributed by atoms with van der Waals surface area (Å²) in [6, 6.07) is 5.99. The number of nitrogens with zero attached hydrogens (tertiary/aromatic N) is 1. The second-order valence-corrected chi connectivity index (χ2v) is 8.16. The van der Waals surface area contributed by atoms with E-state index in [4.69, 9.17) is 16.6 Å². The molecule has 2 aliphatic carbocycles. The molecule has 25 heavy (non-hydrogen) atoms. The van der Waals surface area contributed by atoms with Gasteiger partial charge in [-0.05, 0) is 55.2 Å². The number of aryl methyl sites for hydroxylation is 1. The Bertz CT molecular complexity index is 832. The van der Waals surface area contributed by atoms with E-state index in [1.807, 2.05) is 18.2 Å². The van der Waals surface area contributed by atoms with Crippen LogP contribution in [0.15, 0.2) is 18.2 Å². The molecule has 2 aromatic rings. The molecule has 2 aliphatic rings. The van der Waals surface area contributed by atoms with Gasteiger partial charge in [0.25, 0.3) is 5.91 Å². The van der Waals surface area contributed by atoms with Crippen LogP contribution in [0.1, 0.15) is 61.1 Å². The minimum absolute atomic E-state index is 0.00581. The highest BCUT2D eigenvalue weighted by molar-refractivity contribution is 6.36. The van der Waals surface area contributed by atoms with Crippen molar-refractivity contribution < 1.29 is 4.79 Å². The van der Waals surface area contributed by atoms with Gasteiger partial charge in [-0.3, -0.25) is 9.78 Å². The third-order valence-corrected chi connectivity index (χ3v) is 6.66. The van der Waals surface area contributed by atoms with Crippen molar-refractivity contribution in [2.45, 2.75) is 58.4 Å². The maximum absolute atomic E-state index is 12.8. The molecule has 4 heteroatoms. The molecule has 0 saturated heterocycles. The molecular formula is C21H25ClN2O. The largest absolute Gasteiger partial charge is 0.349 e. The standard InChI is InChI=1S/C21H25ClN2O/c1-12-5-3-7-17(13(12)2)24-21(25)14-9-10-16-19(11-14)23-18-8-4-6-15(18)20(16)22/h9-13,17H,3-8H2,1-2H3,(H,24,25)/t12-,13+,17-/m1/s1. The van der Waals surface area contributed by atoms with Crippen LogP contribution in [0.4, 0.5) is 0 Å². The normalized spacial score (nSPS) is 25.8. The van der Waals surface area contributed by atoms with E-state index in [0.29, 0.717) is 17.4 Å². The molecule has 3 nitrogen and oxygen atoms in total. The zero-order chi connectivity index (χ0) is 17.6. The summed E-state index contributed by atoms with van der Waals surface area (Å²) in [5, 5.41) is 5.02. The van der Waals surface area contributed by atoms with E-state index in [1.54, 1.807) is 0 Å². The van der Waals surface area contributed by atoms with Gasteiger partial charge in [0.1, 0.15) is 0 Å². The number of carbonyl (C=O) groups is 1. The summed E-state index contributed by atoms with van der Waals surface area (Å²) in [5.74, 6) is 1.19. The van der Waals surface area contributed by atoms with E-state index >= 15 is 0 Å². The van der Waals surface area contributed by atoms with Crippen LogP contribution in [0, 0.1) is 11.8 Å². The third kappa shape index (κ3) is 3.03. The fraction of sp³-hybridized carbons (Fsp3) is 0.524. The Morgan fingerprint density at radius 1 is 1.20 bits per heavy atom. The van der Waals surface area contributed by atoms with Crippen LogP contribution >= 0.6 is 11.6 Å². The number of benzene rings is 1. The monoisotopic (exact) mass is 356 g/mol. The van der Waals surface area contributed by atoms with Crippen LogP contribution in [0.25, 0.3) is 10.9 Å². The lowest BCUT2D eigenvalue weighted by molar-refractivity contribution is 0.0891. The smallest absolute Gasteiger partial charge is 0.251 e. The first kappa shape index (κ1) is 16.8. The molecule has 0 spiro atoms. The topological polar surface area (TPSA) is 42.0 Å². The van der Waals surface area contributed by atoms with E-state index in [9.17, 15) is 4.79 Å². The first-order valence-electron chi connectivity index (χ1n) is 9.46. The molecule has 1 N–H and O–H groups in total. The minimum Gasteiger partial charge on any atom is -0.349 e. The highest BCUT2D eigenvalue weighted by Gasteiger charge is 2.28. The lowest BCUT2D eigenvalue weighted by atomic mass is 9.78. The van der Waals surface area contributed by atoms with Gasteiger partial charge in [0.05, 0.1) is 10.5 Å². The molecule has 3 atom stereocenters. The number of nitrogens with one attached hydrogen (secondary N) is 1. The molecule has 1 heterocycles. The van der Waals surface area contributed by atoms with Crippen LogP contribution in [-0.4, -0.2) is 16.9 Å². The van der Waals surface area contributed by atoms with Crippen LogP contribution in [0.5, 0.6) is 0 Å². The zero-order valence-electron chi connectivity index (χ0n) is 14.9. The predicted molar refractivity (Wildman–Crippen MR) is 102 cm³/mol. The Kier molecular flexibility index (Phi) is 4.45. The molecule has 0 bridgehead atoms. The van der Waals surface area contributed by atoms with Gasteiger partial charge in [0.15, 0.2) is 0 Å². The van der Waals surface area contributed by atoms with Gasteiger partial charge < -0.3 is 5.32 Å². The summed E-state index contributed by atoms with van der Waals surface area (Å²) in [7, 11) is 0. The summed E-state index contributed by atoms with van der Waals surface area (Å²) in [6.07, 6.45) is 6.64. The molecule has 0 unspecified atom stereocenters. The average molecular weight is 357 g/mol. The van der Waals surface area contributed by atoms with Crippen molar-refractivity contribution >= 4 is 28.4 Å². The van der Waals surface area contributed by atoms with Gasteiger partial charge in [-0.25, -0.2) is 0 Å². The molecule has 1 saturated carbocycles. The fourth-order valence-corrected chi connectivity index (χ4v) is 4.75. The van der Waals surface area contributed by atoms with Crippen molar-refractivity contribution in [1.82, 2.24) is 10.3 Å². The van der Waals surface area contributed by atoms with E-state index in [0.717, 1.165) is 47.3 Å². The summed E-state index contributed by atoms with van der Waals surface area (Å²) < 4.78 is 0. The second-order valence-electron chi connectivity index (χ2n) is 7.78. The average Bonchev–Trinajstić information content (AvgIpc) is 3.07. The molecular weight excluding hydrogens is 332 g/mol. The number of halogens is 1. The highest BCUT2D eigenvalue weighted by atomic mass is 35.5. The number of carbonyl (C=O) groups excluding carboxylic acids is 1. The molecule has 0 aliphatic heterocycles. The number of hydrogen-bond acceptors (Lipinski definition) is 2. The summed E-state index contributed by atoms with van der Waals surface area (Å²) >= 11 is 6.57. The van der Waals surface area contributed by atoms with E-state index in [1.165, 1.54) is 18.4 Å². The van der Waals surface area contributed by atoms with Gasteiger partial charge in [-0.2, -0.15) is 0 Å². The minimum atomic E-state index is 0.00581. The van der Waals surface area contributed by atoms with Crippen LogP contribution in [0.3, 0.4) is 0 Å². The first-order chi connectivity index (χ1) is 12.0. The van der Waals surface area contributed by atoms with Gasteiger partial charge in [-0.15, -0.1) is 0 Å². The summed E-state index contributed by atoms with van der Waals surface area (Å²) in [4.78, 5) is 17.5. The second kappa shape index (κ2) is 6.60. The number of aromatic nitrogens is 1. The maximum Gasteiger partial charge on any atom is 0.251 e. The molecule has 4 rings (SSSR count). The Morgan fingerprint density at radius 2 is 2.04 bits per heavy atom. The summed E-state index contributed by atoms with van der Waals surface area (Å²) in [6.45, 7) is 4.53. The molecule has 1 fully saturated rings. The number of pyridine rings is 1. The fourth-order valence-electron chi connectivity index (χ4n) is 4.38.